The molecule has 0 bridgehead atoms. The van der Waals surface area contributed by atoms with Gasteiger partial charge in [0.1, 0.15) is 12.3 Å². The molecule has 0 radical (unpaired) electrons. The fraction of sp³-hybridized carbons (Fsp3) is 0.412. The molecular weight excluding hydrogens is 338 g/mol. The minimum atomic E-state index is 0.195. The fourth-order valence-electron chi connectivity index (χ4n) is 2.94. The van der Waals surface area contributed by atoms with Gasteiger partial charge in [-0.25, -0.2) is 4.98 Å². The van der Waals surface area contributed by atoms with Crippen LogP contribution in [-0.2, 0) is 17.9 Å². The molecular formula is C17H19N5O2S. The van der Waals surface area contributed by atoms with Crippen molar-refractivity contribution in [2.45, 2.75) is 32.1 Å². The van der Waals surface area contributed by atoms with Crippen molar-refractivity contribution in [1.29, 1.82) is 0 Å². The predicted molar refractivity (Wildman–Crippen MR) is 92.7 cm³/mol. The Hall–Kier alpha value is -2.16. The molecule has 1 atom stereocenters. The highest BCUT2D eigenvalue weighted by molar-refractivity contribution is 7.09. The molecule has 1 fully saturated rings. The Morgan fingerprint density at radius 3 is 3.20 bits per heavy atom. The van der Waals surface area contributed by atoms with Gasteiger partial charge in [0.2, 0.25) is 5.82 Å². The maximum absolute atomic E-state index is 6.00. The first-order valence-electron chi connectivity index (χ1n) is 8.32. The summed E-state index contributed by atoms with van der Waals surface area (Å²) in [7, 11) is 0. The molecule has 25 heavy (non-hydrogen) atoms. The van der Waals surface area contributed by atoms with Crippen molar-refractivity contribution in [3.63, 3.8) is 0 Å². The lowest BCUT2D eigenvalue weighted by molar-refractivity contribution is -0.0208. The summed E-state index contributed by atoms with van der Waals surface area (Å²) in [5, 5.41) is 6.06. The summed E-state index contributed by atoms with van der Waals surface area (Å²) in [4.78, 5) is 16.3. The Labute approximate surface area is 149 Å². The second-order valence-electron chi connectivity index (χ2n) is 5.99. The third-order valence-electron chi connectivity index (χ3n) is 4.12. The van der Waals surface area contributed by atoms with Gasteiger partial charge >= 0.3 is 0 Å². The van der Waals surface area contributed by atoms with Crippen LogP contribution in [0.4, 0.5) is 0 Å². The standard InChI is InChI=1S/C17H19N5O2S/c1-3-13(10-22(7-1)11-14-4-2-8-25-14)23-12-16-20-17(21-24-16)15-9-18-5-6-19-15/h2,4-6,8-9,13H,1,3,7,10-12H2/t13-/m0/s1. The number of nitrogens with zero attached hydrogens (tertiary/aromatic N) is 5. The van der Waals surface area contributed by atoms with E-state index in [0.717, 1.165) is 32.5 Å². The maximum Gasteiger partial charge on any atom is 0.253 e. The molecule has 4 rings (SSSR count). The number of piperidine rings is 1. The average Bonchev–Trinajstić information content (AvgIpc) is 3.33. The number of rotatable bonds is 6. The number of ether oxygens (including phenoxy) is 1. The quantitative estimate of drug-likeness (QED) is 0.671. The van der Waals surface area contributed by atoms with Gasteiger partial charge in [-0.3, -0.25) is 9.88 Å². The normalized spacial score (nSPS) is 18.5. The van der Waals surface area contributed by atoms with Crippen LogP contribution in [0, 0.1) is 0 Å². The third-order valence-corrected chi connectivity index (χ3v) is 4.99. The van der Waals surface area contributed by atoms with Crippen molar-refractivity contribution < 1.29 is 9.26 Å². The van der Waals surface area contributed by atoms with Crippen LogP contribution in [0.1, 0.15) is 23.6 Å². The predicted octanol–water partition coefficient (Wildman–Crippen LogP) is 2.77. The molecule has 3 aromatic heterocycles. The molecule has 0 aromatic carbocycles. The maximum atomic E-state index is 6.00. The number of hydrogen-bond donors (Lipinski definition) is 0. The molecule has 0 saturated carbocycles. The van der Waals surface area contributed by atoms with Crippen molar-refractivity contribution in [3.05, 3.63) is 46.9 Å². The minimum Gasteiger partial charge on any atom is -0.367 e. The van der Waals surface area contributed by atoms with Gasteiger partial charge in [0.05, 0.1) is 12.3 Å². The van der Waals surface area contributed by atoms with Crippen molar-refractivity contribution in [2.75, 3.05) is 13.1 Å². The van der Waals surface area contributed by atoms with Gasteiger partial charge in [-0.1, -0.05) is 11.2 Å². The smallest absolute Gasteiger partial charge is 0.253 e. The van der Waals surface area contributed by atoms with Gasteiger partial charge in [0, 0.05) is 30.4 Å². The number of aromatic nitrogens is 4. The summed E-state index contributed by atoms with van der Waals surface area (Å²) in [6, 6.07) is 4.28. The zero-order chi connectivity index (χ0) is 16.9. The second kappa shape index (κ2) is 7.81. The summed E-state index contributed by atoms with van der Waals surface area (Å²) in [6.45, 7) is 3.37. The van der Waals surface area contributed by atoms with Gasteiger partial charge in [-0.05, 0) is 30.8 Å². The molecule has 130 valence electrons. The summed E-state index contributed by atoms with van der Waals surface area (Å²) < 4.78 is 11.3. The van der Waals surface area contributed by atoms with Crippen molar-refractivity contribution >= 4 is 11.3 Å². The van der Waals surface area contributed by atoms with Crippen LogP contribution in [0.5, 0.6) is 0 Å². The Bertz CT molecular complexity index is 777. The highest BCUT2D eigenvalue weighted by Crippen LogP contribution is 2.19. The molecule has 0 N–H and O–H groups in total. The Morgan fingerprint density at radius 2 is 2.36 bits per heavy atom. The lowest BCUT2D eigenvalue weighted by Gasteiger charge is -2.32. The van der Waals surface area contributed by atoms with Gasteiger partial charge < -0.3 is 9.26 Å². The van der Waals surface area contributed by atoms with Crippen LogP contribution in [0.25, 0.3) is 11.5 Å². The molecule has 8 heteroatoms. The number of hydrogen-bond acceptors (Lipinski definition) is 8. The van der Waals surface area contributed by atoms with Gasteiger partial charge in [-0.2, -0.15) is 4.98 Å². The van der Waals surface area contributed by atoms with E-state index in [2.05, 4.69) is 42.5 Å². The minimum absolute atomic E-state index is 0.195. The van der Waals surface area contributed by atoms with Crippen LogP contribution < -0.4 is 0 Å². The molecule has 0 amide bonds. The van der Waals surface area contributed by atoms with E-state index in [9.17, 15) is 0 Å². The van der Waals surface area contributed by atoms with Gasteiger partial charge in [0.15, 0.2) is 0 Å². The first-order valence-corrected chi connectivity index (χ1v) is 9.20. The third kappa shape index (κ3) is 4.28. The number of likely N-dealkylation sites (tertiary alicyclic amines) is 1. The van der Waals surface area contributed by atoms with Crippen molar-refractivity contribution in [1.82, 2.24) is 25.0 Å². The summed E-state index contributed by atoms with van der Waals surface area (Å²) >= 11 is 1.80. The first kappa shape index (κ1) is 16.3. The summed E-state index contributed by atoms with van der Waals surface area (Å²) in [6.07, 6.45) is 7.22. The van der Waals surface area contributed by atoms with Crippen LogP contribution in [-0.4, -0.2) is 44.2 Å². The molecule has 4 heterocycles. The second-order valence-corrected chi connectivity index (χ2v) is 7.02. The Balaban J connectivity index is 1.30. The molecule has 7 nitrogen and oxygen atoms in total. The van der Waals surface area contributed by atoms with E-state index in [-0.39, 0.29) is 6.10 Å². The molecule has 1 aliphatic heterocycles. The molecule has 1 aliphatic rings. The molecule has 0 aliphatic carbocycles. The molecule has 1 saturated heterocycles. The monoisotopic (exact) mass is 357 g/mol. The van der Waals surface area contributed by atoms with Crippen LogP contribution in [0.3, 0.4) is 0 Å². The zero-order valence-electron chi connectivity index (χ0n) is 13.7. The highest BCUT2D eigenvalue weighted by atomic mass is 32.1. The van der Waals surface area contributed by atoms with Crippen LogP contribution in [0.2, 0.25) is 0 Å². The van der Waals surface area contributed by atoms with E-state index in [1.807, 2.05) is 0 Å². The van der Waals surface area contributed by atoms with E-state index < -0.39 is 0 Å². The number of thiophene rings is 1. The molecule has 0 spiro atoms. The average molecular weight is 357 g/mol. The van der Waals surface area contributed by atoms with Gasteiger partial charge in [-0.15, -0.1) is 11.3 Å². The summed E-state index contributed by atoms with van der Waals surface area (Å²) in [5.41, 5.74) is 0.595. The van der Waals surface area contributed by atoms with Gasteiger partial charge in [0.25, 0.3) is 5.89 Å². The first-order chi connectivity index (χ1) is 12.4. The van der Waals surface area contributed by atoms with Crippen LogP contribution in [0.15, 0.2) is 40.6 Å². The fourth-order valence-corrected chi connectivity index (χ4v) is 3.68. The van der Waals surface area contributed by atoms with Crippen molar-refractivity contribution in [2.24, 2.45) is 0 Å². The summed E-state index contributed by atoms with van der Waals surface area (Å²) in [5.74, 6) is 0.908. The lowest BCUT2D eigenvalue weighted by Crippen LogP contribution is -2.38. The Morgan fingerprint density at radius 1 is 1.36 bits per heavy atom. The molecule has 3 aromatic rings. The highest BCUT2D eigenvalue weighted by Gasteiger charge is 2.21. The SMILES string of the molecule is c1csc(CN2CCC[C@H](OCc3nc(-c4cnccn4)no3)C2)c1. The topological polar surface area (TPSA) is 77.2 Å². The zero-order valence-corrected chi connectivity index (χ0v) is 14.6. The molecule has 0 unspecified atom stereocenters. The van der Waals surface area contributed by atoms with E-state index in [4.69, 9.17) is 9.26 Å². The Kier molecular flexibility index (Phi) is 5.10. The lowest BCUT2D eigenvalue weighted by atomic mass is 10.1. The van der Waals surface area contributed by atoms with E-state index in [0.29, 0.717) is 24.0 Å². The van der Waals surface area contributed by atoms with Crippen LogP contribution >= 0.6 is 11.3 Å². The van der Waals surface area contributed by atoms with Crippen molar-refractivity contribution in [3.8, 4) is 11.5 Å². The van der Waals surface area contributed by atoms with E-state index in [1.165, 1.54) is 4.88 Å². The van der Waals surface area contributed by atoms with E-state index >= 15 is 0 Å². The van der Waals surface area contributed by atoms with E-state index in [1.54, 1.807) is 29.9 Å². The largest absolute Gasteiger partial charge is 0.367 e.